The number of rotatable bonds is 7. The van der Waals surface area contributed by atoms with Gasteiger partial charge in [-0.3, -0.25) is 14.0 Å². The second-order valence-electron chi connectivity index (χ2n) is 9.00. The average Bonchev–Trinajstić information content (AvgIpc) is 3.34. The molecule has 194 valence electrons. The van der Waals surface area contributed by atoms with E-state index in [1.807, 2.05) is 33.7 Å². The number of anilines is 2. The van der Waals surface area contributed by atoms with E-state index in [1.165, 1.54) is 0 Å². The highest BCUT2D eigenvalue weighted by Crippen LogP contribution is 2.36. The summed E-state index contributed by atoms with van der Waals surface area (Å²) in [6.45, 7) is 1.02. The minimum Gasteiger partial charge on any atom is -0.382 e. The number of carbonyl (C=O) groups excluding carboxylic acids is 2. The number of carbonyl (C=O) groups is 2. The summed E-state index contributed by atoms with van der Waals surface area (Å²) in [7, 11) is 1.59. The van der Waals surface area contributed by atoms with Crippen molar-refractivity contribution in [1.29, 1.82) is 0 Å². The van der Waals surface area contributed by atoms with E-state index in [9.17, 15) is 9.59 Å². The van der Waals surface area contributed by atoms with Crippen molar-refractivity contribution in [3.05, 3.63) is 84.6 Å². The molecule has 0 saturated carbocycles. The molecule has 1 fully saturated rings. The van der Waals surface area contributed by atoms with Gasteiger partial charge < -0.3 is 20.7 Å². The second kappa shape index (κ2) is 11.2. The first-order chi connectivity index (χ1) is 18.6. The number of piperidine rings is 1. The van der Waals surface area contributed by atoms with E-state index in [4.69, 9.17) is 15.5 Å². The SMILES string of the molecule is COCC=CC(=O)N1CCCCC1c1nc(-c2ccc(C(=O)Nc3ccccn3)cc2)c2c(N)nccn12. The minimum atomic E-state index is -0.260. The van der Waals surface area contributed by atoms with E-state index < -0.39 is 0 Å². The highest BCUT2D eigenvalue weighted by Gasteiger charge is 2.31. The number of ether oxygens (including phenoxy) is 1. The van der Waals surface area contributed by atoms with Gasteiger partial charge in [0, 0.05) is 49.4 Å². The number of benzene rings is 1. The van der Waals surface area contributed by atoms with Crippen molar-refractivity contribution in [2.24, 2.45) is 0 Å². The maximum Gasteiger partial charge on any atom is 0.256 e. The topological polar surface area (TPSA) is 128 Å². The lowest BCUT2D eigenvalue weighted by atomic mass is 10.0. The number of amides is 2. The molecule has 0 spiro atoms. The first-order valence-corrected chi connectivity index (χ1v) is 12.5. The van der Waals surface area contributed by atoms with Crippen molar-refractivity contribution in [2.75, 3.05) is 31.3 Å². The summed E-state index contributed by atoms with van der Waals surface area (Å²) in [6, 6.07) is 12.3. The van der Waals surface area contributed by atoms with Crippen molar-refractivity contribution in [1.82, 2.24) is 24.3 Å². The molecule has 0 bridgehead atoms. The number of aromatic nitrogens is 4. The average molecular weight is 512 g/mol. The van der Waals surface area contributed by atoms with Crippen LogP contribution >= 0.6 is 0 Å². The lowest BCUT2D eigenvalue weighted by Gasteiger charge is -2.34. The van der Waals surface area contributed by atoms with Gasteiger partial charge in [0.25, 0.3) is 5.91 Å². The third-order valence-corrected chi connectivity index (χ3v) is 6.54. The molecule has 1 saturated heterocycles. The Morgan fingerprint density at radius 1 is 1.13 bits per heavy atom. The first kappa shape index (κ1) is 25.1. The number of likely N-dealkylation sites (tertiary alicyclic amines) is 1. The predicted octanol–water partition coefficient (Wildman–Crippen LogP) is 3.88. The summed E-state index contributed by atoms with van der Waals surface area (Å²) >= 11 is 0. The largest absolute Gasteiger partial charge is 0.382 e. The number of imidazole rings is 1. The minimum absolute atomic E-state index is 0.0738. The van der Waals surface area contributed by atoms with E-state index in [2.05, 4.69) is 15.3 Å². The molecular formula is C28H29N7O3. The normalized spacial score (nSPS) is 15.7. The standard InChI is InChI=1S/C28H29N7O3/c1-38-18-6-9-23(36)34-16-5-3-7-21(34)27-33-24(25-26(29)31-15-17-35(25)27)19-10-12-20(13-11-19)28(37)32-22-8-2-4-14-30-22/h2,4,6,8-15,17,21H,3,5,7,16,18H2,1H3,(H2,29,31)(H,30,32,37). The van der Waals surface area contributed by atoms with Gasteiger partial charge in [-0.15, -0.1) is 0 Å². The van der Waals surface area contributed by atoms with Crippen LogP contribution in [0.3, 0.4) is 0 Å². The molecule has 3 N–H and O–H groups in total. The van der Waals surface area contributed by atoms with Gasteiger partial charge in [0.15, 0.2) is 0 Å². The van der Waals surface area contributed by atoms with Gasteiger partial charge in [0.1, 0.15) is 28.7 Å². The van der Waals surface area contributed by atoms with Crippen LogP contribution in [0.5, 0.6) is 0 Å². The summed E-state index contributed by atoms with van der Waals surface area (Å²) in [5, 5.41) is 2.79. The van der Waals surface area contributed by atoms with Crippen molar-refractivity contribution in [3.8, 4) is 11.3 Å². The number of nitrogen functional groups attached to an aromatic ring is 1. The summed E-state index contributed by atoms with van der Waals surface area (Å²) in [4.78, 5) is 41.0. The van der Waals surface area contributed by atoms with Gasteiger partial charge in [0.05, 0.1) is 12.6 Å². The van der Waals surface area contributed by atoms with Crippen LogP contribution in [0.2, 0.25) is 0 Å². The van der Waals surface area contributed by atoms with Gasteiger partial charge in [0.2, 0.25) is 5.91 Å². The highest BCUT2D eigenvalue weighted by atomic mass is 16.5. The molecule has 1 unspecified atom stereocenters. The zero-order chi connectivity index (χ0) is 26.5. The summed E-state index contributed by atoms with van der Waals surface area (Å²) in [5.74, 6) is 1.22. The van der Waals surface area contributed by atoms with Gasteiger partial charge in [-0.1, -0.05) is 24.3 Å². The Morgan fingerprint density at radius 3 is 2.74 bits per heavy atom. The number of hydrogen-bond acceptors (Lipinski definition) is 7. The molecule has 38 heavy (non-hydrogen) atoms. The van der Waals surface area contributed by atoms with Crippen molar-refractivity contribution in [3.63, 3.8) is 0 Å². The number of nitrogens with zero attached hydrogens (tertiary/aromatic N) is 5. The van der Waals surface area contributed by atoms with Crippen LogP contribution < -0.4 is 11.1 Å². The van der Waals surface area contributed by atoms with Crippen LogP contribution in [-0.4, -0.2) is 56.3 Å². The quantitative estimate of drug-likeness (QED) is 0.360. The maximum absolute atomic E-state index is 13.0. The molecule has 1 atom stereocenters. The fourth-order valence-electron chi connectivity index (χ4n) is 4.73. The van der Waals surface area contributed by atoms with Gasteiger partial charge in [-0.05, 0) is 43.5 Å². The first-order valence-electron chi connectivity index (χ1n) is 12.5. The molecule has 10 heteroatoms. The number of hydrogen-bond donors (Lipinski definition) is 2. The summed E-state index contributed by atoms with van der Waals surface area (Å²) in [6.07, 6.45) is 11.1. The lowest BCUT2D eigenvalue weighted by Crippen LogP contribution is -2.38. The Balaban J connectivity index is 1.48. The fraction of sp³-hybridized carbons (Fsp3) is 0.250. The Labute approximate surface area is 220 Å². The molecule has 1 aliphatic rings. The van der Waals surface area contributed by atoms with Crippen LogP contribution in [-0.2, 0) is 9.53 Å². The summed E-state index contributed by atoms with van der Waals surface area (Å²) in [5.41, 5.74) is 8.92. The monoisotopic (exact) mass is 511 g/mol. The Morgan fingerprint density at radius 2 is 1.97 bits per heavy atom. The van der Waals surface area contributed by atoms with Crippen LogP contribution in [0.15, 0.2) is 73.2 Å². The van der Waals surface area contributed by atoms with E-state index in [-0.39, 0.29) is 17.9 Å². The number of methoxy groups -OCH3 is 1. The Hall–Kier alpha value is -4.57. The summed E-state index contributed by atoms with van der Waals surface area (Å²) < 4.78 is 6.97. The second-order valence-corrected chi connectivity index (χ2v) is 9.00. The molecule has 5 rings (SSSR count). The molecule has 1 aromatic carbocycles. The van der Waals surface area contributed by atoms with E-state index in [1.54, 1.807) is 55.9 Å². The highest BCUT2D eigenvalue weighted by molar-refractivity contribution is 6.04. The molecule has 4 heterocycles. The Bertz CT molecular complexity index is 1470. The number of nitrogens with two attached hydrogens (primary N) is 1. The van der Waals surface area contributed by atoms with Crippen LogP contribution in [0.1, 0.15) is 41.5 Å². The predicted molar refractivity (Wildman–Crippen MR) is 144 cm³/mol. The van der Waals surface area contributed by atoms with Crippen LogP contribution in [0.25, 0.3) is 16.8 Å². The molecule has 4 aromatic rings. The number of fused-ring (bicyclic) bond motifs is 1. The molecule has 2 amide bonds. The van der Waals surface area contributed by atoms with Crippen molar-refractivity contribution >= 4 is 29.0 Å². The third kappa shape index (κ3) is 5.12. The third-order valence-electron chi connectivity index (χ3n) is 6.54. The van der Waals surface area contributed by atoms with Crippen molar-refractivity contribution in [2.45, 2.75) is 25.3 Å². The van der Waals surface area contributed by atoms with E-state index >= 15 is 0 Å². The van der Waals surface area contributed by atoms with Crippen LogP contribution in [0, 0.1) is 0 Å². The smallest absolute Gasteiger partial charge is 0.256 e. The van der Waals surface area contributed by atoms with Gasteiger partial charge >= 0.3 is 0 Å². The van der Waals surface area contributed by atoms with Gasteiger partial charge in [-0.25, -0.2) is 15.0 Å². The van der Waals surface area contributed by atoms with E-state index in [0.29, 0.717) is 41.6 Å². The fourth-order valence-corrected chi connectivity index (χ4v) is 4.73. The van der Waals surface area contributed by atoms with E-state index in [0.717, 1.165) is 30.7 Å². The molecular weight excluding hydrogens is 482 g/mol. The molecule has 10 nitrogen and oxygen atoms in total. The molecule has 3 aromatic heterocycles. The zero-order valence-corrected chi connectivity index (χ0v) is 21.1. The molecule has 0 radical (unpaired) electrons. The van der Waals surface area contributed by atoms with Gasteiger partial charge in [-0.2, -0.15) is 0 Å². The zero-order valence-electron chi connectivity index (χ0n) is 21.1. The lowest BCUT2D eigenvalue weighted by molar-refractivity contribution is -0.130. The molecule has 1 aliphatic heterocycles. The number of nitrogens with one attached hydrogen (secondary N) is 1. The molecule has 0 aliphatic carbocycles. The maximum atomic E-state index is 13.0. The van der Waals surface area contributed by atoms with Crippen molar-refractivity contribution < 1.29 is 14.3 Å². The van der Waals surface area contributed by atoms with Crippen LogP contribution in [0.4, 0.5) is 11.6 Å². The Kier molecular flexibility index (Phi) is 7.41. The number of pyridine rings is 1.